The zero-order valence-electron chi connectivity index (χ0n) is 16.9. The number of piperidine rings is 1. The van der Waals surface area contributed by atoms with Gasteiger partial charge in [0.05, 0.1) is 29.5 Å². The molecule has 3 aliphatic heterocycles. The molecular formula is C26H20N2O3. The van der Waals surface area contributed by atoms with Gasteiger partial charge in [-0.25, -0.2) is 4.90 Å². The van der Waals surface area contributed by atoms with Gasteiger partial charge in [-0.15, -0.1) is 0 Å². The van der Waals surface area contributed by atoms with E-state index in [1.165, 1.54) is 4.90 Å². The third kappa shape index (κ3) is 2.40. The highest BCUT2D eigenvalue weighted by atomic mass is 16.2. The first-order valence-electron chi connectivity index (χ1n) is 10.5. The van der Waals surface area contributed by atoms with E-state index < -0.39 is 17.8 Å². The number of nitrogens with zero attached hydrogens (tertiary/aromatic N) is 2. The van der Waals surface area contributed by atoms with Crippen LogP contribution in [0.5, 0.6) is 0 Å². The zero-order chi connectivity index (χ0) is 21.3. The Morgan fingerprint density at radius 2 is 1.42 bits per heavy atom. The van der Waals surface area contributed by atoms with Crippen LogP contribution in [0.2, 0.25) is 0 Å². The Morgan fingerprint density at radius 1 is 0.710 bits per heavy atom. The molecule has 5 nitrogen and oxygen atoms in total. The Hall–Kier alpha value is -3.73. The van der Waals surface area contributed by atoms with Crippen LogP contribution in [0.1, 0.15) is 0 Å². The zero-order valence-corrected chi connectivity index (χ0v) is 16.9. The van der Waals surface area contributed by atoms with Crippen molar-refractivity contribution in [2.45, 2.75) is 6.04 Å². The minimum Gasteiger partial charge on any atom is -0.338 e. The fourth-order valence-electron chi connectivity index (χ4n) is 5.43. The Bertz CT molecular complexity index is 1290. The van der Waals surface area contributed by atoms with Gasteiger partial charge in [-0.1, -0.05) is 66.7 Å². The first kappa shape index (κ1) is 18.1. The van der Waals surface area contributed by atoms with E-state index >= 15 is 0 Å². The van der Waals surface area contributed by atoms with E-state index in [4.69, 9.17) is 0 Å². The molecule has 7 rings (SSSR count). The monoisotopic (exact) mass is 408 g/mol. The van der Waals surface area contributed by atoms with E-state index in [2.05, 4.69) is 24.3 Å². The van der Waals surface area contributed by atoms with E-state index in [1.807, 2.05) is 48.5 Å². The highest BCUT2D eigenvalue weighted by Gasteiger charge is 2.61. The molecule has 5 heteroatoms. The summed E-state index contributed by atoms with van der Waals surface area (Å²) in [6.45, 7) is 0. The molecular weight excluding hydrogens is 388 g/mol. The normalized spacial score (nSPS) is 26.8. The molecule has 2 saturated heterocycles. The molecule has 3 aromatic carbocycles. The number of amides is 3. The second-order valence-electron chi connectivity index (χ2n) is 8.49. The maximum absolute atomic E-state index is 13.3. The molecule has 0 radical (unpaired) electrons. The van der Waals surface area contributed by atoms with Crippen molar-refractivity contribution in [3.05, 3.63) is 78.9 Å². The van der Waals surface area contributed by atoms with Crippen molar-refractivity contribution in [3.8, 4) is 11.1 Å². The smallest absolute Gasteiger partial charge is 0.240 e. The number of rotatable bonds is 2. The van der Waals surface area contributed by atoms with Crippen LogP contribution in [-0.4, -0.2) is 35.7 Å². The molecule has 4 atom stereocenters. The van der Waals surface area contributed by atoms with Crippen molar-refractivity contribution in [2.75, 3.05) is 11.9 Å². The van der Waals surface area contributed by atoms with Gasteiger partial charge in [-0.05, 0) is 34.0 Å². The van der Waals surface area contributed by atoms with Gasteiger partial charge in [0, 0.05) is 7.05 Å². The lowest BCUT2D eigenvalue weighted by atomic mass is 9.70. The molecule has 4 aliphatic rings. The molecule has 0 N–H and O–H groups in total. The van der Waals surface area contributed by atoms with Gasteiger partial charge in [-0.3, -0.25) is 14.4 Å². The molecule has 0 saturated carbocycles. The fraction of sp³-hybridized carbons (Fsp3) is 0.192. The van der Waals surface area contributed by atoms with Gasteiger partial charge >= 0.3 is 0 Å². The predicted molar refractivity (Wildman–Crippen MR) is 118 cm³/mol. The van der Waals surface area contributed by atoms with Gasteiger partial charge in [-0.2, -0.15) is 0 Å². The third-order valence-electron chi connectivity index (χ3n) is 6.97. The Morgan fingerprint density at radius 3 is 2.23 bits per heavy atom. The average Bonchev–Trinajstić information content (AvgIpc) is 3.08. The van der Waals surface area contributed by atoms with Crippen LogP contribution in [0.25, 0.3) is 21.9 Å². The maximum atomic E-state index is 13.3. The molecule has 152 valence electrons. The van der Waals surface area contributed by atoms with Gasteiger partial charge < -0.3 is 4.90 Å². The number of carbonyl (C=O) groups is 3. The molecule has 3 amide bonds. The quantitative estimate of drug-likeness (QED) is 0.481. The predicted octanol–water partition coefficient (Wildman–Crippen LogP) is 3.64. The molecule has 2 fully saturated rings. The summed E-state index contributed by atoms with van der Waals surface area (Å²) in [5.74, 6) is -2.20. The molecule has 3 heterocycles. The molecule has 31 heavy (non-hydrogen) atoms. The standard InChI is InChI=1S/C26H20N2O3/c1-27-21-14-13-20(24(27)29)22-23(21)26(31)28(25(22)30)17-11-9-16(10-12-17)19-8-4-6-15-5-2-3-7-18(15)19/h2-14,20-23H,1H3. The number of carbonyl (C=O) groups excluding carboxylic acids is 3. The van der Waals surface area contributed by atoms with Crippen LogP contribution in [-0.2, 0) is 14.4 Å². The number of imide groups is 1. The van der Waals surface area contributed by atoms with Gasteiger partial charge in [0.1, 0.15) is 0 Å². The summed E-state index contributed by atoms with van der Waals surface area (Å²) in [6.07, 6.45) is 3.69. The number of fused-ring (bicyclic) bond motifs is 2. The topological polar surface area (TPSA) is 57.7 Å². The first-order chi connectivity index (χ1) is 15.1. The summed E-state index contributed by atoms with van der Waals surface area (Å²) in [5.41, 5.74) is 2.68. The third-order valence-corrected chi connectivity index (χ3v) is 6.97. The Labute approximate surface area is 179 Å². The lowest BCUT2D eigenvalue weighted by molar-refractivity contribution is -0.148. The van der Waals surface area contributed by atoms with E-state index in [1.54, 1.807) is 18.0 Å². The second kappa shape index (κ2) is 6.38. The van der Waals surface area contributed by atoms with Crippen LogP contribution in [0.3, 0.4) is 0 Å². The van der Waals surface area contributed by atoms with Gasteiger partial charge in [0.15, 0.2) is 0 Å². The largest absolute Gasteiger partial charge is 0.338 e. The number of hydrogen-bond acceptors (Lipinski definition) is 3. The summed E-state index contributed by atoms with van der Waals surface area (Å²) in [7, 11) is 1.71. The molecule has 1 aliphatic carbocycles. The summed E-state index contributed by atoms with van der Waals surface area (Å²) in [6, 6.07) is 21.6. The number of anilines is 1. The Kier molecular flexibility index (Phi) is 3.72. The molecule has 0 aromatic heterocycles. The van der Waals surface area contributed by atoms with Crippen molar-refractivity contribution in [2.24, 2.45) is 17.8 Å². The van der Waals surface area contributed by atoms with E-state index in [0.29, 0.717) is 5.69 Å². The number of benzene rings is 3. The van der Waals surface area contributed by atoms with Crippen molar-refractivity contribution in [1.82, 2.24) is 4.90 Å². The SMILES string of the molecule is CN1C(=O)C2C=CC1C1C(=O)N(c3ccc(-c4cccc5ccccc45)cc3)C(=O)C21. The van der Waals surface area contributed by atoms with E-state index in [0.717, 1.165) is 21.9 Å². The summed E-state index contributed by atoms with van der Waals surface area (Å²) < 4.78 is 0. The van der Waals surface area contributed by atoms with Gasteiger partial charge in [0.25, 0.3) is 0 Å². The number of likely N-dealkylation sites (N-methyl/N-ethyl adjacent to an activating group) is 1. The van der Waals surface area contributed by atoms with Crippen molar-refractivity contribution < 1.29 is 14.4 Å². The maximum Gasteiger partial charge on any atom is 0.240 e. The average molecular weight is 408 g/mol. The van der Waals surface area contributed by atoms with Crippen molar-refractivity contribution >= 4 is 34.2 Å². The molecule has 4 unspecified atom stereocenters. The van der Waals surface area contributed by atoms with Crippen LogP contribution in [0, 0.1) is 17.8 Å². The fourth-order valence-corrected chi connectivity index (χ4v) is 5.43. The van der Waals surface area contributed by atoms with Crippen molar-refractivity contribution in [1.29, 1.82) is 0 Å². The lowest BCUT2D eigenvalue weighted by Gasteiger charge is -2.44. The highest BCUT2D eigenvalue weighted by Crippen LogP contribution is 2.46. The summed E-state index contributed by atoms with van der Waals surface area (Å²) in [5, 5.41) is 2.32. The van der Waals surface area contributed by atoms with Crippen LogP contribution >= 0.6 is 0 Å². The molecule has 2 bridgehead atoms. The summed E-state index contributed by atoms with van der Waals surface area (Å²) in [4.78, 5) is 41.9. The minimum absolute atomic E-state index is 0.0805. The van der Waals surface area contributed by atoms with E-state index in [-0.39, 0.29) is 23.8 Å². The Balaban J connectivity index is 1.37. The van der Waals surface area contributed by atoms with Crippen LogP contribution < -0.4 is 4.90 Å². The molecule has 3 aromatic rings. The number of hydrogen-bond donors (Lipinski definition) is 0. The van der Waals surface area contributed by atoms with Gasteiger partial charge in [0.2, 0.25) is 17.7 Å². The lowest BCUT2D eigenvalue weighted by Crippen LogP contribution is -2.57. The van der Waals surface area contributed by atoms with E-state index in [9.17, 15) is 14.4 Å². The van der Waals surface area contributed by atoms with Crippen LogP contribution in [0.4, 0.5) is 5.69 Å². The molecule has 0 spiro atoms. The van der Waals surface area contributed by atoms with Crippen LogP contribution in [0.15, 0.2) is 78.9 Å². The summed E-state index contributed by atoms with van der Waals surface area (Å²) >= 11 is 0. The van der Waals surface area contributed by atoms with Crippen molar-refractivity contribution in [3.63, 3.8) is 0 Å². The minimum atomic E-state index is -0.594. The second-order valence-corrected chi connectivity index (χ2v) is 8.49. The highest BCUT2D eigenvalue weighted by molar-refractivity contribution is 6.24. The first-order valence-corrected chi connectivity index (χ1v) is 10.5.